The van der Waals surface area contributed by atoms with Crippen molar-refractivity contribution in [3.05, 3.63) is 88.5 Å². The summed E-state index contributed by atoms with van der Waals surface area (Å²) in [7, 11) is 1.53. The van der Waals surface area contributed by atoms with Crippen LogP contribution in [0.5, 0.6) is 17.2 Å². The quantitative estimate of drug-likeness (QED) is 0.348. The van der Waals surface area contributed by atoms with Crippen LogP contribution in [-0.4, -0.2) is 30.7 Å². The third-order valence-corrected chi connectivity index (χ3v) is 6.36. The number of hydrogen-bond donors (Lipinski definition) is 1. The molecule has 34 heavy (non-hydrogen) atoms. The summed E-state index contributed by atoms with van der Waals surface area (Å²) in [6, 6.07) is 16.8. The van der Waals surface area contributed by atoms with Crippen molar-refractivity contribution in [3.8, 4) is 17.2 Å². The molecule has 0 spiro atoms. The molecule has 0 aliphatic carbocycles. The maximum absolute atomic E-state index is 13.4. The molecule has 3 aromatic carbocycles. The number of aliphatic hydroxyl groups excluding tert-OH is 1. The van der Waals surface area contributed by atoms with Gasteiger partial charge in [0, 0.05) is 16.8 Å². The molecule has 2 aliphatic heterocycles. The number of ether oxygens (including phenoxy) is 3. The number of ketones is 1. The lowest BCUT2D eigenvalue weighted by Gasteiger charge is -2.28. The van der Waals surface area contributed by atoms with Crippen molar-refractivity contribution in [2.24, 2.45) is 0 Å². The largest absolute Gasteiger partial charge is 0.507 e. The molecule has 172 valence electrons. The van der Waals surface area contributed by atoms with Crippen LogP contribution in [0.3, 0.4) is 0 Å². The molecule has 0 aromatic heterocycles. The lowest BCUT2D eigenvalue weighted by molar-refractivity contribution is -0.132. The van der Waals surface area contributed by atoms with Crippen LogP contribution < -0.4 is 19.1 Å². The number of carbonyl (C=O) groups is 2. The zero-order valence-electron chi connectivity index (χ0n) is 19.0. The second-order valence-electron chi connectivity index (χ2n) is 8.20. The number of benzene rings is 3. The fraction of sp³-hybridized carbons (Fsp3) is 0.185. The summed E-state index contributed by atoms with van der Waals surface area (Å²) in [5.41, 5.74) is 3.37. The van der Waals surface area contributed by atoms with E-state index in [1.807, 2.05) is 38.1 Å². The van der Waals surface area contributed by atoms with Crippen molar-refractivity contribution in [3.63, 3.8) is 0 Å². The molecule has 1 atom stereocenters. The van der Waals surface area contributed by atoms with Crippen LogP contribution in [0, 0.1) is 13.8 Å². The molecule has 1 amide bonds. The number of para-hydroxylation sites is 1. The first-order valence-electron chi connectivity index (χ1n) is 10.8. The number of rotatable bonds is 4. The van der Waals surface area contributed by atoms with Crippen molar-refractivity contribution < 1.29 is 28.9 Å². The monoisotopic (exact) mass is 457 g/mol. The number of aryl methyl sites for hydroxylation is 1. The van der Waals surface area contributed by atoms with Crippen molar-refractivity contribution in [1.29, 1.82) is 0 Å². The molecular formula is C27H23NO6. The Morgan fingerprint density at radius 2 is 1.76 bits per heavy atom. The van der Waals surface area contributed by atoms with E-state index in [9.17, 15) is 14.7 Å². The molecule has 2 aliphatic rings. The van der Waals surface area contributed by atoms with Gasteiger partial charge in [0.1, 0.15) is 11.5 Å². The molecule has 1 unspecified atom stereocenters. The molecule has 5 rings (SSSR count). The van der Waals surface area contributed by atoms with Crippen LogP contribution in [0.25, 0.3) is 5.76 Å². The van der Waals surface area contributed by atoms with E-state index in [0.29, 0.717) is 34.1 Å². The first-order valence-corrected chi connectivity index (χ1v) is 10.8. The summed E-state index contributed by atoms with van der Waals surface area (Å²) in [5, 5.41) is 11.4. The maximum atomic E-state index is 13.4. The molecule has 3 aromatic rings. The van der Waals surface area contributed by atoms with E-state index < -0.39 is 17.7 Å². The summed E-state index contributed by atoms with van der Waals surface area (Å²) in [6.45, 7) is 3.93. The van der Waals surface area contributed by atoms with E-state index in [1.54, 1.807) is 36.4 Å². The SMILES string of the molecule is COc1ccccc1C1/C(=C(\O)c2ccc3c(c2)OCO3)C(=O)C(=O)N1c1cccc(C)c1C. The standard InChI is InChI=1S/C27H23NO6/c1-15-7-6-9-19(16(15)2)28-24(18-8-4-5-10-20(18)32-3)23(26(30)27(28)31)25(29)17-11-12-21-22(13-17)34-14-33-21/h4-13,24,29H,14H2,1-3H3/b25-23+. The number of aliphatic hydroxyl groups is 1. The van der Waals surface area contributed by atoms with Gasteiger partial charge in [0.25, 0.3) is 11.7 Å². The van der Waals surface area contributed by atoms with E-state index >= 15 is 0 Å². The summed E-state index contributed by atoms with van der Waals surface area (Å²) in [4.78, 5) is 28.3. The number of anilines is 1. The number of methoxy groups -OCH3 is 1. The van der Waals surface area contributed by atoms with E-state index in [4.69, 9.17) is 14.2 Å². The lowest BCUT2D eigenvalue weighted by atomic mass is 9.94. The highest BCUT2D eigenvalue weighted by atomic mass is 16.7. The molecule has 7 heteroatoms. The minimum absolute atomic E-state index is 0.0192. The van der Waals surface area contributed by atoms with Gasteiger partial charge in [0.15, 0.2) is 11.5 Å². The Labute approximate surface area is 196 Å². The van der Waals surface area contributed by atoms with Crippen molar-refractivity contribution >= 4 is 23.1 Å². The van der Waals surface area contributed by atoms with Crippen LogP contribution in [0.4, 0.5) is 5.69 Å². The third-order valence-electron chi connectivity index (χ3n) is 6.36. The molecule has 1 fully saturated rings. The van der Waals surface area contributed by atoms with Crippen LogP contribution in [0.1, 0.15) is 28.3 Å². The molecule has 1 N–H and O–H groups in total. The van der Waals surface area contributed by atoms with Gasteiger partial charge in [-0.1, -0.05) is 30.3 Å². The second-order valence-corrected chi connectivity index (χ2v) is 8.20. The minimum Gasteiger partial charge on any atom is -0.507 e. The second kappa shape index (κ2) is 8.26. The topological polar surface area (TPSA) is 85.3 Å². The molecule has 1 saturated heterocycles. The summed E-state index contributed by atoms with van der Waals surface area (Å²) in [5.74, 6) is -0.268. The van der Waals surface area contributed by atoms with Crippen molar-refractivity contribution in [1.82, 2.24) is 0 Å². The zero-order chi connectivity index (χ0) is 24.0. The number of hydrogen-bond acceptors (Lipinski definition) is 6. The van der Waals surface area contributed by atoms with Crippen molar-refractivity contribution in [2.45, 2.75) is 19.9 Å². The van der Waals surface area contributed by atoms with Crippen molar-refractivity contribution in [2.75, 3.05) is 18.8 Å². The summed E-state index contributed by atoms with van der Waals surface area (Å²) >= 11 is 0. The predicted octanol–water partition coefficient (Wildman–Crippen LogP) is 4.67. The van der Waals surface area contributed by atoms with Gasteiger partial charge in [0.05, 0.1) is 18.7 Å². The fourth-order valence-electron chi connectivity index (χ4n) is 4.46. The van der Waals surface area contributed by atoms with Gasteiger partial charge in [0.2, 0.25) is 6.79 Å². The number of amides is 1. The fourth-order valence-corrected chi connectivity index (χ4v) is 4.46. The number of Topliss-reactive ketones (excluding diaryl/α,β-unsaturated/α-hetero) is 1. The van der Waals surface area contributed by atoms with Gasteiger partial charge in [-0.25, -0.2) is 0 Å². The van der Waals surface area contributed by atoms with Gasteiger partial charge in [-0.3, -0.25) is 14.5 Å². The molecule has 7 nitrogen and oxygen atoms in total. The molecule has 0 saturated carbocycles. The van der Waals surface area contributed by atoms with Gasteiger partial charge in [-0.15, -0.1) is 0 Å². The van der Waals surface area contributed by atoms with Crippen LogP contribution >= 0.6 is 0 Å². The lowest BCUT2D eigenvalue weighted by Crippen LogP contribution is -2.30. The zero-order valence-corrected chi connectivity index (χ0v) is 19.0. The number of fused-ring (bicyclic) bond motifs is 1. The van der Waals surface area contributed by atoms with E-state index in [-0.39, 0.29) is 18.1 Å². The van der Waals surface area contributed by atoms with Crippen LogP contribution in [0.15, 0.2) is 66.2 Å². The smallest absolute Gasteiger partial charge is 0.300 e. The Balaban J connectivity index is 1.76. The summed E-state index contributed by atoms with van der Waals surface area (Å²) in [6.07, 6.45) is 0. The summed E-state index contributed by atoms with van der Waals surface area (Å²) < 4.78 is 16.4. The Hall–Kier alpha value is -4.26. The average Bonchev–Trinajstić information content (AvgIpc) is 3.42. The number of carbonyl (C=O) groups excluding carboxylic acids is 2. The van der Waals surface area contributed by atoms with Gasteiger partial charge >= 0.3 is 0 Å². The van der Waals surface area contributed by atoms with Crippen LogP contribution in [-0.2, 0) is 9.59 Å². The van der Waals surface area contributed by atoms with E-state index in [1.165, 1.54) is 12.0 Å². The molecule has 0 radical (unpaired) electrons. The Morgan fingerprint density at radius 3 is 2.56 bits per heavy atom. The molecule has 0 bridgehead atoms. The first kappa shape index (κ1) is 21.6. The number of nitrogens with zero attached hydrogens (tertiary/aromatic N) is 1. The minimum atomic E-state index is -0.887. The maximum Gasteiger partial charge on any atom is 0.300 e. The Kier molecular flexibility index (Phi) is 5.24. The average molecular weight is 457 g/mol. The molecule has 2 heterocycles. The first-order chi connectivity index (χ1) is 16.4. The third kappa shape index (κ3) is 3.28. The normalized spacial score (nSPS) is 18.4. The molecular weight excluding hydrogens is 434 g/mol. The highest BCUT2D eigenvalue weighted by Gasteiger charge is 2.48. The van der Waals surface area contributed by atoms with Gasteiger partial charge < -0.3 is 19.3 Å². The van der Waals surface area contributed by atoms with E-state index in [2.05, 4.69) is 0 Å². The predicted molar refractivity (Wildman–Crippen MR) is 126 cm³/mol. The Morgan fingerprint density at radius 1 is 1.00 bits per heavy atom. The highest BCUT2D eigenvalue weighted by Crippen LogP contribution is 2.46. The highest BCUT2D eigenvalue weighted by molar-refractivity contribution is 6.51. The van der Waals surface area contributed by atoms with E-state index in [0.717, 1.165) is 11.1 Å². The Bertz CT molecular complexity index is 1360. The van der Waals surface area contributed by atoms with Crippen LogP contribution in [0.2, 0.25) is 0 Å². The van der Waals surface area contributed by atoms with Gasteiger partial charge in [-0.05, 0) is 55.3 Å². The van der Waals surface area contributed by atoms with Gasteiger partial charge in [-0.2, -0.15) is 0 Å².